The molecule has 5 rings (SSSR count). The summed E-state index contributed by atoms with van der Waals surface area (Å²) >= 11 is 1.71. The summed E-state index contributed by atoms with van der Waals surface area (Å²) in [4.78, 5) is 1.32. The minimum Gasteiger partial charge on any atom is -0.454 e. The maximum atomic E-state index is 6.30. The molecular formula is C19H18N2O3S. The zero-order valence-corrected chi connectivity index (χ0v) is 15.0. The van der Waals surface area contributed by atoms with Crippen LogP contribution < -0.4 is 14.2 Å². The molecular weight excluding hydrogens is 336 g/mol. The van der Waals surface area contributed by atoms with Gasteiger partial charge < -0.3 is 14.2 Å². The molecule has 2 aliphatic rings. The van der Waals surface area contributed by atoms with Gasteiger partial charge in [0.25, 0.3) is 0 Å². The van der Waals surface area contributed by atoms with Crippen LogP contribution in [0.4, 0.5) is 0 Å². The molecule has 0 bridgehead atoms. The molecule has 0 spiro atoms. The maximum absolute atomic E-state index is 6.30. The van der Waals surface area contributed by atoms with E-state index in [1.54, 1.807) is 11.3 Å². The molecule has 0 saturated carbocycles. The van der Waals surface area contributed by atoms with E-state index in [9.17, 15) is 0 Å². The number of ether oxygens (including phenoxy) is 3. The Balaban J connectivity index is 1.61. The van der Waals surface area contributed by atoms with E-state index in [0.29, 0.717) is 0 Å². The van der Waals surface area contributed by atoms with Crippen molar-refractivity contribution in [1.82, 2.24) is 9.78 Å². The summed E-state index contributed by atoms with van der Waals surface area (Å²) in [6, 6.07) is 5.72. The fourth-order valence-corrected chi connectivity index (χ4v) is 4.72. The minimum atomic E-state index is 0.269. The molecule has 1 aromatic carbocycles. The van der Waals surface area contributed by atoms with Gasteiger partial charge in [0.1, 0.15) is 5.75 Å². The van der Waals surface area contributed by atoms with Crippen LogP contribution in [0.25, 0.3) is 11.3 Å². The van der Waals surface area contributed by atoms with Crippen LogP contribution in [0.15, 0.2) is 24.4 Å². The number of nitrogens with zero attached hydrogens (tertiary/aromatic N) is 2. The fraction of sp³-hybridized carbons (Fsp3) is 0.316. The average molecular weight is 354 g/mol. The van der Waals surface area contributed by atoms with E-state index < -0.39 is 0 Å². The summed E-state index contributed by atoms with van der Waals surface area (Å²) < 4.78 is 19.1. The van der Waals surface area contributed by atoms with Crippen molar-refractivity contribution in [3.63, 3.8) is 0 Å². The first-order chi connectivity index (χ1) is 12.2. The summed E-state index contributed by atoms with van der Waals surface area (Å²) in [7, 11) is 2.01. The van der Waals surface area contributed by atoms with Gasteiger partial charge in [0.2, 0.25) is 6.79 Å². The maximum Gasteiger partial charge on any atom is 0.231 e. The number of aromatic nitrogens is 2. The van der Waals surface area contributed by atoms with Gasteiger partial charge in [0.05, 0.1) is 17.5 Å². The van der Waals surface area contributed by atoms with E-state index in [-0.39, 0.29) is 6.79 Å². The molecule has 0 fully saturated rings. The molecule has 3 aromatic rings. The van der Waals surface area contributed by atoms with Crippen molar-refractivity contribution >= 4 is 11.3 Å². The predicted molar refractivity (Wildman–Crippen MR) is 95.9 cm³/mol. The highest BCUT2D eigenvalue weighted by molar-refractivity contribution is 7.14. The first kappa shape index (κ1) is 14.8. The zero-order valence-electron chi connectivity index (χ0n) is 14.2. The smallest absolute Gasteiger partial charge is 0.231 e. The van der Waals surface area contributed by atoms with Gasteiger partial charge in [0.15, 0.2) is 16.6 Å². The highest BCUT2D eigenvalue weighted by Gasteiger charge is 2.27. The number of aryl methyl sites for hydroxylation is 3. The third kappa shape index (κ3) is 2.32. The van der Waals surface area contributed by atoms with E-state index in [0.717, 1.165) is 41.6 Å². The van der Waals surface area contributed by atoms with Crippen molar-refractivity contribution in [3.8, 4) is 33.6 Å². The lowest BCUT2D eigenvalue weighted by Gasteiger charge is -2.10. The lowest BCUT2D eigenvalue weighted by Crippen LogP contribution is -1.97. The molecule has 6 heteroatoms. The van der Waals surface area contributed by atoms with Gasteiger partial charge in [-0.05, 0) is 49.4 Å². The molecule has 0 saturated heterocycles. The molecule has 2 aromatic heterocycles. The number of hydrogen-bond acceptors (Lipinski definition) is 5. The van der Waals surface area contributed by atoms with Gasteiger partial charge in [-0.15, -0.1) is 11.3 Å². The number of rotatable bonds is 2. The Morgan fingerprint density at radius 1 is 1.20 bits per heavy atom. The highest BCUT2D eigenvalue weighted by atomic mass is 32.1. The quantitative estimate of drug-likeness (QED) is 0.681. The molecule has 128 valence electrons. The minimum absolute atomic E-state index is 0.269. The van der Waals surface area contributed by atoms with E-state index in [1.807, 2.05) is 36.1 Å². The molecule has 5 nitrogen and oxygen atoms in total. The van der Waals surface area contributed by atoms with Crippen LogP contribution in [0.2, 0.25) is 0 Å². The number of fused-ring (bicyclic) bond motifs is 4. The van der Waals surface area contributed by atoms with Crippen LogP contribution in [0.3, 0.4) is 0 Å². The molecule has 0 N–H and O–H groups in total. The van der Waals surface area contributed by atoms with Gasteiger partial charge in [-0.1, -0.05) is 0 Å². The Labute approximate surface area is 149 Å². The Hall–Kier alpha value is -2.47. The second kappa shape index (κ2) is 5.52. The molecule has 25 heavy (non-hydrogen) atoms. The molecule has 1 aliphatic heterocycles. The van der Waals surface area contributed by atoms with Gasteiger partial charge in [-0.3, -0.25) is 4.68 Å². The zero-order chi connectivity index (χ0) is 17.0. The lowest BCUT2D eigenvalue weighted by molar-refractivity contribution is 0.174. The second-order valence-corrected chi connectivity index (χ2v) is 7.60. The van der Waals surface area contributed by atoms with E-state index >= 15 is 0 Å². The second-order valence-electron chi connectivity index (χ2n) is 6.41. The molecule has 0 amide bonds. The summed E-state index contributed by atoms with van der Waals surface area (Å²) in [5.74, 6) is 2.27. The highest BCUT2D eigenvalue weighted by Crippen LogP contribution is 2.48. The normalized spacial score (nSPS) is 14.8. The SMILES string of the molecule is Cc1sc(Oc2ccc3c(c2)OCO3)c2c1CCCc1cnn(C)c1-2. The van der Waals surface area contributed by atoms with Crippen LogP contribution >= 0.6 is 11.3 Å². The summed E-state index contributed by atoms with van der Waals surface area (Å²) in [6.45, 7) is 2.45. The Bertz CT molecular complexity index is 973. The molecule has 0 unspecified atom stereocenters. The summed E-state index contributed by atoms with van der Waals surface area (Å²) in [6.07, 6.45) is 5.27. The van der Waals surface area contributed by atoms with Gasteiger partial charge in [0, 0.05) is 18.0 Å². The average Bonchev–Trinajstić information content (AvgIpc) is 3.23. The summed E-state index contributed by atoms with van der Waals surface area (Å²) in [5.41, 5.74) is 5.08. The van der Waals surface area contributed by atoms with Gasteiger partial charge >= 0.3 is 0 Å². The topological polar surface area (TPSA) is 45.5 Å². The van der Waals surface area contributed by atoms with Crippen LogP contribution in [0.5, 0.6) is 22.3 Å². The van der Waals surface area contributed by atoms with Crippen LogP contribution in [-0.2, 0) is 19.9 Å². The van der Waals surface area contributed by atoms with E-state index in [4.69, 9.17) is 14.2 Å². The predicted octanol–water partition coefficient (Wildman–Crippen LogP) is 4.47. The lowest BCUT2D eigenvalue weighted by atomic mass is 10.1. The fourth-order valence-electron chi connectivity index (χ4n) is 3.65. The van der Waals surface area contributed by atoms with Crippen LogP contribution in [-0.4, -0.2) is 16.6 Å². The van der Waals surface area contributed by atoms with E-state index in [2.05, 4.69) is 12.0 Å². The number of hydrogen-bond donors (Lipinski definition) is 0. The molecule has 3 heterocycles. The van der Waals surface area contributed by atoms with Crippen molar-refractivity contribution in [2.45, 2.75) is 26.2 Å². The molecule has 0 atom stereocenters. The van der Waals surface area contributed by atoms with Crippen molar-refractivity contribution in [1.29, 1.82) is 0 Å². The first-order valence-electron chi connectivity index (χ1n) is 8.41. The summed E-state index contributed by atoms with van der Waals surface area (Å²) in [5, 5.41) is 5.40. The number of thiophene rings is 1. The largest absolute Gasteiger partial charge is 0.454 e. The van der Waals surface area contributed by atoms with Crippen molar-refractivity contribution in [3.05, 3.63) is 40.4 Å². The van der Waals surface area contributed by atoms with Crippen molar-refractivity contribution in [2.24, 2.45) is 7.05 Å². The van der Waals surface area contributed by atoms with Crippen molar-refractivity contribution in [2.75, 3.05) is 6.79 Å². The third-order valence-electron chi connectivity index (χ3n) is 4.86. The monoisotopic (exact) mass is 354 g/mol. The van der Waals surface area contributed by atoms with Crippen LogP contribution in [0, 0.1) is 6.92 Å². The first-order valence-corrected chi connectivity index (χ1v) is 9.23. The number of benzene rings is 1. The Kier molecular flexibility index (Phi) is 3.28. The van der Waals surface area contributed by atoms with Crippen molar-refractivity contribution < 1.29 is 14.2 Å². The third-order valence-corrected chi connectivity index (χ3v) is 5.88. The Morgan fingerprint density at radius 3 is 3.00 bits per heavy atom. The standard InChI is InChI=1S/C19H18N2O3S/c1-11-14-5-3-4-12-9-20-21(2)18(12)17(14)19(25-11)24-13-6-7-15-16(8-13)23-10-22-15/h6-9H,3-5,10H2,1-2H3. The van der Waals surface area contributed by atoms with Gasteiger partial charge in [-0.25, -0.2) is 0 Å². The molecule has 0 radical (unpaired) electrons. The van der Waals surface area contributed by atoms with Gasteiger partial charge in [-0.2, -0.15) is 5.10 Å². The Morgan fingerprint density at radius 2 is 2.08 bits per heavy atom. The molecule has 1 aliphatic carbocycles. The van der Waals surface area contributed by atoms with Crippen LogP contribution in [0.1, 0.15) is 22.4 Å². The van der Waals surface area contributed by atoms with E-state index in [1.165, 1.54) is 27.3 Å².